The van der Waals surface area contributed by atoms with Gasteiger partial charge in [0.2, 0.25) is 5.91 Å². The van der Waals surface area contributed by atoms with Crippen molar-refractivity contribution in [2.24, 2.45) is 0 Å². The number of ether oxygens (including phenoxy) is 1. The Balaban J connectivity index is 1.38. The van der Waals surface area contributed by atoms with Crippen LogP contribution in [0.4, 0.5) is 4.79 Å². The number of nitrogens with zero attached hydrogens (tertiary/aromatic N) is 3. The molecule has 3 rings (SSSR count). The molecule has 1 aromatic heterocycles. The molecule has 7 nitrogen and oxygen atoms in total. The van der Waals surface area contributed by atoms with Crippen LogP contribution in [0.25, 0.3) is 0 Å². The highest BCUT2D eigenvalue weighted by Gasteiger charge is 2.32. The lowest BCUT2D eigenvalue weighted by molar-refractivity contribution is -0.122. The Hall–Kier alpha value is -2.15. The van der Waals surface area contributed by atoms with Crippen LogP contribution in [-0.2, 0) is 16.1 Å². The summed E-state index contributed by atoms with van der Waals surface area (Å²) in [5.41, 5.74) is 0.854. The second-order valence-electron chi connectivity index (χ2n) is 5.91. The molecule has 2 aliphatic heterocycles. The number of likely N-dealkylation sites (tertiary alicyclic amines) is 1. The molecule has 1 N–H and O–H groups in total. The van der Waals surface area contributed by atoms with E-state index in [4.69, 9.17) is 4.74 Å². The third-order valence-electron chi connectivity index (χ3n) is 4.35. The van der Waals surface area contributed by atoms with Crippen molar-refractivity contribution >= 4 is 12.0 Å². The Bertz CT molecular complexity index is 544. The van der Waals surface area contributed by atoms with E-state index in [9.17, 15) is 9.59 Å². The fraction of sp³-hybridized carbons (Fsp3) is 0.562. The van der Waals surface area contributed by atoms with Gasteiger partial charge >= 0.3 is 6.09 Å². The number of hydrogen-bond donors (Lipinski definition) is 1. The standard InChI is InChI=1S/C16H22N4O3/c21-15(18-11-13-3-1-2-6-17-13)12-19-7-4-14(5-8-19)20-9-10-23-16(20)22/h1-3,6,14H,4-5,7-12H2,(H,18,21). The first kappa shape index (κ1) is 15.7. The summed E-state index contributed by atoms with van der Waals surface area (Å²) in [4.78, 5) is 31.7. The van der Waals surface area contributed by atoms with Gasteiger partial charge in [0.25, 0.3) is 0 Å². The van der Waals surface area contributed by atoms with Crippen LogP contribution >= 0.6 is 0 Å². The van der Waals surface area contributed by atoms with Gasteiger partial charge < -0.3 is 15.0 Å². The molecule has 1 aromatic rings. The predicted octanol–water partition coefficient (Wildman–Crippen LogP) is 0.614. The van der Waals surface area contributed by atoms with Gasteiger partial charge in [0.1, 0.15) is 6.61 Å². The van der Waals surface area contributed by atoms with Crippen LogP contribution < -0.4 is 5.32 Å². The van der Waals surface area contributed by atoms with Gasteiger partial charge in [0, 0.05) is 25.3 Å². The molecule has 0 aromatic carbocycles. The monoisotopic (exact) mass is 318 g/mol. The van der Waals surface area contributed by atoms with Crippen LogP contribution in [0.1, 0.15) is 18.5 Å². The molecule has 0 spiro atoms. The van der Waals surface area contributed by atoms with Crippen LogP contribution in [-0.4, -0.2) is 65.6 Å². The molecule has 2 fully saturated rings. The number of carbonyl (C=O) groups is 2. The van der Waals surface area contributed by atoms with Crippen LogP contribution in [0.2, 0.25) is 0 Å². The Morgan fingerprint density at radius 1 is 1.30 bits per heavy atom. The van der Waals surface area contributed by atoms with Crippen molar-refractivity contribution in [3.8, 4) is 0 Å². The largest absolute Gasteiger partial charge is 0.448 e. The number of pyridine rings is 1. The Morgan fingerprint density at radius 2 is 2.13 bits per heavy atom. The number of carbonyl (C=O) groups excluding carboxylic acids is 2. The molecule has 2 amide bonds. The Labute approximate surface area is 135 Å². The van der Waals surface area contributed by atoms with Gasteiger partial charge in [-0.2, -0.15) is 0 Å². The van der Waals surface area contributed by atoms with E-state index >= 15 is 0 Å². The minimum absolute atomic E-state index is 0.00897. The molecule has 0 saturated carbocycles. The Morgan fingerprint density at radius 3 is 2.78 bits per heavy atom. The first-order valence-corrected chi connectivity index (χ1v) is 8.05. The van der Waals surface area contributed by atoms with Gasteiger partial charge in [-0.15, -0.1) is 0 Å². The molecule has 0 atom stereocenters. The molecule has 2 aliphatic rings. The van der Waals surface area contributed by atoms with E-state index in [0.717, 1.165) is 31.6 Å². The van der Waals surface area contributed by atoms with E-state index < -0.39 is 0 Å². The number of aromatic nitrogens is 1. The molecule has 0 aliphatic carbocycles. The molecule has 0 unspecified atom stereocenters. The fourth-order valence-electron chi connectivity index (χ4n) is 3.08. The van der Waals surface area contributed by atoms with E-state index in [1.807, 2.05) is 23.1 Å². The molecule has 0 bridgehead atoms. The SMILES string of the molecule is O=C(CN1CCC(N2CCOC2=O)CC1)NCc1ccccn1. The average molecular weight is 318 g/mol. The topological polar surface area (TPSA) is 74.8 Å². The molecular formula is C16H22N4O3. The van der Waals surface area contributed by atoms with Gasteiger partial charge in [-0.25, -0.2) is 4.79 Å². The summed E-state index contributed by atoms with van der Waals surface area (Å²) in [6, 6.07) is 5.90. The summed E-state index contributed by atoms with van der Waals surface area (Å²) in [5, 5.41) is 2.89. The zero-order chi connectivity index (χ0) is 16.1. The van der Waals surface area contributed by atoms with E-state index in [2.05, 4.69) is 15.2 Å². The van der Waals surface area contributed by atoms with Gasteiger partial charge in [-0.3, -0.25) is 14.7 Å². The lowest BCUT2D eigenvalue weighted by Gasteiger charge is -2.35. The van der Waals surface area contributed by atoms with Crippen molar-refractivity contribution in [2.45, 2.75) is 25.4 Å². The third-order valence-corrected chi connectivity index (χ3v) is 4.35. The summed E-state index contributed by atoms with van der Waals surface area (Å²) >= 11 is 0. The molecule has 3 heterocycles. The molecule has 124 valence electrons. The zero-order valence-electron chi connectivity index (χ0n) is 13.1. The Kier molecular flexibility index (Phi) is 5.07. The minimum atomic E-state index is -0.198. The summed E-state index contributed by atoms with van der Waals surface area (Å²) in [7, 11) is 0. The number of hydrogen-bond acceptors (Lipinski definition) is 5. The predicted molar refractivity (Wildman–Crippen MR) is 83.6 cm³/mol. The highest BCUT2D eigenvalue weighted by Crippen LogP contribution is 2.19. The van der Waals surface area contributed by atoms with Crippen molar-refractivity contribution in [3.63, 3.8) is 0 Å². The van der Waals surface area contributed by atoms with Crippen molar-refractivity contribution in [3.05, 3.63) is 30.1 Å². The summed E-state index contributed by atoms with van der Waals surface area (Å²) in [5.74, 6) is 0.00897. The van der Waals surface area contributed by atoms with Crippen molar-refractivity contribution in [1.29, 1.82) is 0 Å². The van der Waals surface area contributed by atoms with Crippen molar-refractivity contribution in [1.82, 2.24) is 20.1 Å². The smallest absolute Gasteiger partial charge is 0.410 e. The van der Waals surface area contributed by atoms with Crippen LogP contribution in [0.15, 0.2) is 24.4 Å². The van der Waals surface area contributed by atoms with E-state index in [1.165, 1.54) is 0 Å². The number of amides is 2. The van der Waals surface area contributed by atoms with Crippen molar-refractivity contribution in [2.75, 3.05) is 32.8 Å². The number of piperidine rings is 1. The van der Waals surface area contributed by atoms with E-state index in [1.54, 1.807) is 6.20 Å². The number of nitrogens with one attached hydrogen (secondary N) is 1. The second-order valence-corrected chi connectivity index (χ2v) is 5.91. The fourth-order valence-corrected chi connectivity index (χ4v) is 3.08. The lowest BCUT2D eigenvalue weighted by Crippen LogP contribution is -2.47. The summed E-state index contributed by atoms with van der Waals surface area (Å²) < 4.78 is 4.99. The summed E-state index contributed by atoms with van der Waals surface area (Å²) in [6.45, 7) is 3.68. The molecule has 7 heteroatoms. The first-order chi connectivity index (χ1) is 11.2. The third kappa shape index (κ3) is 4.19. The second kappa shape index (κ2) is 7.41. The molecular weight excluding hydrogens is 296 g/mol. The quantitative estimate of drug-likeness (QED) is 0.861. The summed E-state index contributed by atoms with van der Waals surface area (Å²) in [6.07, 6.45) is 3.30. The van der Waals surface area contributed by atoms with E-state index in [0.29, 0.717) is 26.2 Å². The van der Waals surface area contributed by atoms with Crippen LogP contribution in [0.5, 0.6) is 0 Å². The van der Waals surface area contributed by atoms with Gasteiger partial charge in [-0.1, -0.05) is 6.07 Å². The minimum Gasteiger partial charge on any atom is -0.448 e. The van der Waals surface area contributed by atoms with Gasteiger partial charge in [-0.05, 0) is 25.0 Å². The van der Waals surface area contributed by atoms with E-state index in [-0.39, 0.29) is 18.0 Å². The van der Waals surface area contributed by atoms with Gasteiger partial charge in [0.05, 0.1) is 25.3 Å². The first-order valence-electron chi connectivity index (χ1n) is 8.05. The lowest BCUT2D eigenvalue weighted by atomic mass is 10.0. The maximum absolute atomic E-state index is 12.0. The molecule has 23 heavy (non-hydrogen) atoms. The molecule has 2 saturated heterocycles. The average Bonchev–Trinajstić information content (AvgIpc) is 3.01. The number of rotatable bonds is 5. The zero-order valence-corrected chi connectivity index (χ0v) is 13.1. The normalized spacial score (nSPS) is 19.7. The molecule has 0 radical (unpaired) electrons. The van der Waals surface area contributed by atoms with Crippen molar-refractivity contribution < 1.29 is 14.3 Å². The highest BCUT2D eigenvalue weighted by atomic mass is 16.6. The van der Waals surface area contributed by atoms with Gasteiger partial charge in [0.15, 0.2) is 0 Å². The maximum Gasteiger partial charge on any atom is 0.410 e. The maximum atomic E-state index is 12.0. The number of cyclic esters (lactones) is 1. The van der Waals surface area contributed by atoms with Crippen LogP contribution in [0.3, 0.4) is 0 Å². The highest BCUT2D eigenvalue weighted by molar-refractivity contribution is 5.78. The van der Waals surface area contributed by atoms with Crippen LogP contribution in [0, 0.1) is 0 Å².